The number of aromatic nitrogens is 5. The Kier molecular flexibility index (Phi) is 28.2. The maximum atomic E-state index is 14.5. The molecule has 1 N–H and O–H groups in total. The molecular formula is C90H94Br2Cl3F2N13O5. The summed E-state index contributed by atoms with van der Waals surface area (Å²) in [6.07, 6.45) is 5.02. The van der Waals surface area contributed by atoms with Crippen LogP contribution in [0.15, 0.2) is 176 Å². The highest BCUT2D eigenvalue weighted by Gasteiger charge is 2.36. The number of para-hydroxylation sites is 3. The largest absolute Gasteiger partial charge is 0.377 e. The van der Waals surface area contributed by atoms with Crippen molar-refractivity contribution in [3.63, 3.8) is 0 Å². The number of pyridine rings is 3. The van der Waals surface area contributed by atoms with Gasteiger partial charge in [0, 0.05) is 105 Å². The summed E-state index contributed by atoms with van der Waals surface area (Å²) in [5.74, 6) is -3.05. The molecule has 115 heavy (non-hydrogen) atoms. The summed E-state index contributed by atoms with van der Waals surface area (Å²) >= 11 is 27.2. The molecule has 14 rings (SSSR count). The third-order valence-corrected chi connectivity index (χ3v) is 24.0. The minimum Gasteiger partial charge on any atom is -0.377 e. The van der Waals surface area contributed by atoms with Gasteiger partial charge in [-0.1, -0.05) is 172 Å². The van der Waals surface area contributed by atoms with Crippen molar-refractivity contribution < 1.29 is 18.4 Å². The molecule has 0 aliphatic carbocycles. The maximum absolute atomic E-state index is 14.5. The highest BCUT2D eigenvalue weighted by atomic mass is 79.9. The fourth-order valence-corrected chi connectivity index (χ4v) is 17.2. The van der Waals surface area contributed by atoms with Gasteiger partial charge in [-0.15, -0.1) is 0 Å². The number of aryl methyl sites for hydroxylation is 1. The molecule has 0 radical (unpaired) electrons. The van der Waals surface area contributed by atoms with E-state index in [4.69, 9.17) is 54.5 Å². The standard InChI is InChI=1S/C35H32ClFN6O2.C27H25BrClFN4O2.C25H25BrClN3O.3CH4/c1-19(2)23-9-7-8-10-29(23)43-30-16-24(31-20(3)11-12-28-26(31)17-39-40-28)27(36)15-25(30)33(32(38-6)35(43)45)42-14-13-41(18-21(42)4)34(44)22(5)37;1-15(2)18-8-6-7-9-22(18)34-23-13-20(28)21(29)12-19(23)25(24(31-5)27(34)36)33-11-10-32(14-16(33)3)26(35)17(4)30;1-15(2)17-10-5-6-11-21(17)30-22-14-19(26)20(27)13-18(22)24(23(28-4)25(30)31)29-12-8-7-9-16(29)3;;;/h7-12,15-17,19,21H,5,13-14,18H2,1-4H3,(H,39,40);6-9,12-13,15-16H,4,10-11,14H2,1-3H3;5-6,10-11,13-16H,7-9,12H2,1-3H3;3*1H4/t21-;2*16-;;;/m000.../s1. The van der Waals surface area contributed by atoms with Crippen LogP contribution >= 0.6 is 66.7 Å². The second-order valence-electron chi connectivity index (χ2n) is 29.4. The van der Waals surface area contributed by atoms with Crippen LogP contribution in [0.25, 0.3) is 86.3 Å². The number of carbonyl (C=O) groups is 2. The lowest BCUT2D eigenvalue weighted by Gasteiger charge is -2.42. The van der Waals surface area contributed by atoms with E-state index in [1.165, 1.54) is 9.80 Å². The number of fused-ring (bicyclic) bond motifs is 4. The van der Waals surface area contributed by atoms with Crippen molar-refractivity contribution in [3.8, 4) is 28.2 Å². The molecule has 0 saturated carbocycles. The van der Waals surface area contributed by atoms with Gasteiger partial charge in [-0.2, -0.15) is 5.10 Å². The molecule has 11 aromatic rings. The number of hydrogen-bond acceptors (Lipinski definition) is 9. The number of piperazine rings is 2. The highest BCUT2D eigenvalue weighted by Crippen LogP contribution is 2.47. The summed E-state index contributed by atoms with van der Waals surface area (Å²) in [6, 6.07) is 38.0. The van der Waals surface area contributed by atoms with Crippen LogP contribution in [0, 0.1) is 26.6 Å². The second kappa shape index (κ2) is 36.6. The first-order valence-corrected chi connectivity index (χ1v) is 39.6. The van der Waals surface area contributed by atoms with Gasteiger partial charge in [0.1, 0.15) is 0 Å². The van der Waals surface area contributed by atoms with Crippen LogP contribution in [0.5, 0.6) is 0 Å². The van der Waals surface area contributed by atoms with Crippen molar-refractivity contribution in [1.82, 2.24) is 33.7 Å². The molecule has 598 valence electrons. The van der Waals surface area contributed by atoms with Crippen molar-refractivity contribution >= 4 is 156 Å². The Morgan fingerprint density at radius 2 is 0.878 bits per heavy atom. The van der Waals surface area contributed by atoms with Crippen LogP contribution in [-0.2, 0) is 9.59 Å². The molecule has 2 amide bonds. The number of halogens is 7. The number of aromatic amines is 1. The second-order valence-corrected chi connectivity index (χ2v) is 32.4. The lowest BCUT2D eigenvalue weighted by atomic mass is 9.94. The molecule has 7 heterocycles. The van der Waals surface area contributed by atoms with Gasteiger partial charge in [-0.05, 0) is 185 Å². The van der Waals surface area contributed by atoms with Gasteiger partial charge in [0.25, 0.3) is 45.6 Å². The number of rotatable bonds is 12. The number of amides is 2. The van der Waals surface area contributed by atoms with Gasteiger partial charge in [0.2, 0.25) is 0 Å². The van der Waals surface area contributed by atoms with E-state index < -0.39 is 34.6 Å². The predicted octanol–water partition coefficient (Wildman–Crippen LogP) is 23.7. The van der Waals surface area contributed by atoms with E-state index in [1.54, 1.807) is 32.0 Å². The summed E-state index contributed by atoms with van der Waals surface area (Å²) in [6.45, 7) is 53.0. The summed E-state index contributed by atoms with van der Waals surface area (Å²) in [5, 5.41) is 11.7. The molecule has 18 nitrogen and oxygen atoms in total. The summed E-state index contributed by atoms with van der Waals surface area (Å²) in [4.78, 5) is 87.0. The minimum atomic E-state index is -1.02. The Labute approximate surface area is 702 Å². The molecule has 4 aromatic heterocycles. The van der Waals surface area contributed by atoms with Crippen LogP contribution in [0.2, 0.25) is 15.1 Å². The van der Waals surface area contributed by atoms with Gasteiger partial charge in [-0.3, -0.25) is 42.8 Å². The summed E-state index contributed by atoms with van der Waals surface area (Å²) in [7, 11) is 0. The molecule has 0 bridgehead atoms. The van der Waals surface area contributed by atoms with E-state index in [-0.39, 0.29) is 114 Å². The molecule has 25 heteroatoms. The number of carbonyl (C=O) groups excluding carboxylic acids is 2. The van der Waals surface area contributed by atoms with Crippen LogP contribution in [-0.4, -0.2) is 109 Å². The molecule has 7 aromatic carbocycles. The monoisotopic (exact) mass is 1740 g/mol. The van der Waals surface area contributed by atoms with Crippen molar-refractivity contribution in [2.24, 2.45) is 0 Å². The van der Waals surface area contributed by atoms with Crippen LogP contribution < -0.4 is 31.4 Å². The van der Waals surface area contributed by atoms with Crippen LogP contribution in [0.1, 0.15) is 144 Å². The van der Waals surface area contributed by atoms with Crippen LogP contribution in [0.4, 0.5) is 42.9 Å². The third-order valence-electron chi connectivity index (χ3n) is 21.3. The normalized spacial score (nSPS) is 15.4. The van der Waals surface area contributed by atoms with E-state index in [9.17, 15) is 32.8 Å². The average molecular weight is 1740 g/mol. The smallest absolute Gasteiger partial charge is 0.282 e. The van der Waals surface area contributed by atoms with Gasteiger partial charge >= 0.3 is 0 Å². The molecule has 3 saturated heterocycles. The first-order valence-electron chi connectivity index (χ1n) is 36.9. The van der Waals surface area contributed by atoms with E-state index in [0.717, 1.165) is 96.8 Å². The molecule has 3 atom stereocenters. The summed E-state index contributed by atoms with van der Waals surface area (Å²) < 4.78 is 33.5. The van der Waals surface area contributed by atoms with Gasteiger partial charge in [-0.25, -0.2) is 23.3 Å². The fourth-order valence-electron chi connectivity index (χ4n) is 15.9. The number of hydrogen-bond donors (Lipinski definition) is 1. The van der Waals surface area contributed by atoms with Crippen molar-refractivity contribution in [1.29, 1.82) is 0 Å². The zero-order chi connectivity index (χ0) is 80.7. The molecular weight excluding hydrogens is 1650 g/mol. The fraction of sp³-hybridized carbons (Fsp3) is 0.322. The van der Waals surface area contributed by atoms with E-state index >= 15 is 0 Å². The lowest BCUT2D eigenvalue weighted by molar-refractivity contribution is -0.130. The number of nitrogens with one attached hydrogen (secondary N) is 1. The van der Waals surface area contributed by atoms with E-state index in [0.29, 0.717) is 70.6 Å². The lowest BCUT2D eigenvalue weighted by Crippen LogP contribution is -2.54. The average Bonchev–Trinajstić information content (AvgIpc) is 1.07. The Balaban J connectivity index is 0.000000198. The number of piperidine rings is 1. The highest BCUT2D eigenvalue weighted by molar-refractivity contribution is 9.11. The van der Waals surface area contributed by atoms with Crippen molar-refractivity contribution in [2.45, 2.75) is 147 Å². The third kappa shape index (κ3) is 16.8. The molecule has 3 fully saturated rings. The van der Waals surface area contributed by atoms with E-state index in [1.807, 2.05) is 140 Å². The van der Waals surface area contributed by atoms with Crippen molar-refractivity contribution in [3.05, 3.63) is 264 Å². The Hall–Kier alpha value is -10.4. The van der Waals surface area contributed by atoms with Gasteiger partial charge < -0.3 is 24.5 Å². The SMILES string of the molecule is C.C.C.[C-]#[N+]c1c(N2CCCC[C@@H]2C)c2cc(Cl)c(Br)cc2n(-c2ccccc2C(C)C)c1=O.[C-]#[N+]c1c(N2CCN(C(=O)C(=C)F)C[C@@H]2C)c2cc(Cl)c(-c3c(C)ccc4[nH]ncc34)cc2n(-c2ccccc2C(C)C)c1=O.[C-]#[N+]c1c(N2CCN(C(=O)C(=C)F)C[C@@H]2C)c2cc(Cl)c(Br)cc2n(-c2ccccc2C(C)C)c1=O. The Morgan fingerprint density at radius 1 is 0.513 bits per heavy atom. The first kappa shape index (κ1) is 88.6. The van der Waals surface area contributed by atoms with E-state index in [2.05, 4.69) is 123 Å². The number of benzene rings is 7. The zero-order valence-electron chi connectivity index (χ0n) is 63.6. The minimum absolute atomic E-state index is 0. The molecule has 3 aliphatic heterocycles. The number of anilines is 3. The first-order chi connectivity index (χ1) is 53.4. The molecule has 0 spiro atoms. The zero-order valence-corrected chi connectivity index (χ0v) is 69.1. The van der Waals surface area contributed by atoms with Crippen LogP contribution in [0.3, 0.4) is 0 Å². The molecule has 0 unspecified atom stereocenters. The van der Waals surface area contributed by atoms with Gasteiger partial charge in [0.15, 0.2) is 11.7 Å². The predicted molar refractivity (Wildman–Crippen MR) is 478 cm³/mol. The Bertz CT molecular complexity index is 6010. The number of H-pyrrole nitrogens is 1. The molecule has 3 aliphatic rings. The number of nitrogens with zero attached hydrogens (tertiary/aromatic N) is 12. The van der Waals surface area contributed by atoms with Crippen molar-refractivity contribution in [2.75, 3.05) is 60.5 Å². The van der Waals surface area contributed by atoms with Gasteiger partial charge in [0.05, 0.1) is 92.1 Å². The quantitative estimate of drug-likeness (QED) is 0.0928. The maximum Gasteiger partial charge on any atom is 0.282 e. The summed E-state index contributed by atoms with van der Waals surface area (Å²) in [5.41, 5.74) is 11.2. The Morgan fingerprint density at radius 3 is 1.23 bits per heavy atom. The topological polar surface area (TPSA) is 158 Å².